The molecule has 0 amide bonds. The van der Waals surface area contributed by atoms with Crippen LogP contribution in [0.2, 0.25) is 0 Å². The lowest BCUT2D eigenvalue weighted by atomic mass is 9.95. The molecule has 0 aliphatic heterocycles. The number of nitrogens with one attached hydrogen (secondary N) is 1. The molecule has 98 valence electrons. The zero-order valence-corrected chi connectivity index (χ0v) is 10.4. The standard InChI is InChI=1S/C12H21NO4/c1-8(2)6-4-3-5-7-9(11(14)15)10(13)12(16)17/h8-9,13H,3-7H2,1-2H3,(H,14,15)(H,16,17). The van der Waals surface area contributed by atoms with Crippen LogP contribution in [0.5, 0.6) is 0 Å². The minimum atomic E-state index is -1.44. The van der Waals surface area contributed by atoms with E-state index in [2.05, 4.69) is 13.8 Å². The van der Waals surface area contributed by atoms with E-state index in [0.29, 0.717) is 12.3 Å². The summed E-state index contributed by atoms with van der Waals surface area (Å²) in [7, 11) is 0. The Kier molecular flexibility index (Phi) is 7.18. The van der Waals surface area contributed by atoms with Crippen LogP contribution in [0, 0.1) is 17.2 Å². The van der Waals surface area contributed by atoms with Crippen molar-refractivity contribution in [3.05, 3.63) is 0 Å². The number of carboxylic acids is 2. The molecule has 0 aliphatic carbocycles. The maximum Gasteiger partial charge on any atom is 0.350 e. The molecule has 0 aromatic carbocycles. The quantitative estimate of drug-likeness (QED) is 0.427. The van der Waals surface area contributed by atoms with Crippen molar-refractivity contribution in [2.75, 3.05) is 0 Å². The van der Waals surface area contributed by atoms with Crippen LogP contribution in [0.3, 0.4) is 0 Å². The average Bonchev–Trinajstić information content (AvgIpc) is 2.21. The summed E-state index contributed by atoms with van der Waals surface area (Å²) in [6.07, 6.45) is 3.88. The molecular formula is C12H21NO4. The Morgan fingerprint density at radius 3 is 2.00 bits per heavy atom. The number of hydrogen-bond acceptors (Lipinski definition) is 3. The molecule has 17 heavy (non-hydrogen) atoms. The van der Waals surface area contributed by atoms with E-state index in [4.69, 9.17) is 15.6 Å². The lowest BCUT2D eigenvalue weighted by Crippen LogP contribution is -2.29. The highest BCUT2D eigenvalue weighted by atomic mass is 16.4. The third-order valence-electron chi connectivity index (χ3n) is 2.65. The van der Waals surface area contributed by atoms with E-state index in [-0.39, 0.29) is 6.42 Å². The molecule has 1 unspecified atom stereocenters. The van der Waals surface area contributed by atoms with Crippen molar-refractivity contribution >= 4 is 17.7 Å². The highest BCUT2D eigenvalue weighted by Crippen LogP contribution is 2.15. The van der Waals surface area contributed by atoms with Gasteiger partial charge in [0.05, 0.1) is 0 Å². The van der Waals surface area contributed by atoms with Crippen LogP contribution in [0.1, 0.15) is 46.0 Å². The first-order chi connectivity index (χ1) is 7.86. The summed E-state index contributed by atoms with van der Waals surface area (Å²) in [6, 6.07) is 0. The zero-order chi connectivity index (χ0) is 13.4. The fourth-order valence-electron chi connectivity index (χ4n) is 1.62. The Morgan fingerprint density at radius 1 is 1.06 bits per heavy atom. The Morgan fingerprint density at radius 2 is 1.59 bits per heavy atom. The summed E-state index contributed by atoms with van der Waals surface area (Å²) >= 11 is 0. The van der Waals surface area contributed by atoms with E-state index in [1.807, 2.05) is 0 Å². The van der Waals surface area contributed by atoms with E-state index >= 15 is 0 Å². The van der Waals surface area contributed by atoms with Gasteiger partial charge in [-0.15, -0.1) is 0 Å². The van der Waals surface area contributed by atoms with Crippen molar-refractivity contribution in [3.63, 3.8) is 0 Å². The molecule has 0 aromatic rings. The van der Waals surface area contributed by atoms with E-state index < -0.39 is 23.6 Å². The summed E-state index contributed by atoms with van der Waals surface area (Å²) in [5.74, 6) is -3.21. The van der Waals surface area contributed by atoms with Gasteiger partial charge in [0.15, 0.2) is 0 Å². The fourth-order valence-corrected chi connectivity index (χ4v) is 1.62. The summed E-state index contributed by atoms with van der Waals surface area (Å²) in [4.78, 5) is 21.3. The molecule has 5 nitrogen and oxygen atoms in total. The molecule has 0 bridgehead atoms. The molecule has 3 N–H and O–H groups in total. The van der Waals surface area contributed by atoms with Gasteiger partial charge in [-0.25, -0.2) is 4.79 Å². The summed E-state index contributed by atoms with van der Waals surface area (Å²) in [5.41, 5.74) is -0.721. The van der Waals surface area contributed by atoms with Crippen LogP contribution in [0.4, 0.5) is 0 Å². The minimum Gasteiger partial charge on any atom is -0.481 e. The van der Waals surface area contributed by atoms with E-state index in [9.17, 15) is 9.59 Å². The molecular weight excluding hydrogens is 222 g/mol. The van der Waals surface area contributed by atoms with Crippen molar-refractivity contribution in [2.45, 2.75) is 46.0 Å². The predicted molar refractivity (Wildman–Crippen MR) is 64.4 cm³/mol. The van der Waals surface area contributed by atoms with E-state index in [1.54, 1.807) is 0 Å². The molecule has 5 heteroatoms. The van der Waals surface area contributed by atoms with Crippen LogP contribution in [-0.4, -0.2) is 27.9 Å². The molecule has 0 aliphatic rings. The Labute approximate surface area is 101 Å². The molecule has 0 heterocycles. The van der Waals surface area contributed by atoms with Crippen molar-refractivity contribution in [1.29, 1.82) is 5.41 Å². The second kappa shape index (κ2) is 7.81. The van der Waals surface area contributed by atoms with Gasteiger partial charge in [0, 0.05) is 0 Å². The molecule has 0 saturated heterocycles. The number of unbranched alkanes of at least 4 members (excludes halogenated alkanes) is 2. The topological polar surface area (TPSA) is 98.5 Å². The van der Waals surface area contributed by atoms with Crippen molar-refractivity contribution in [2.24, 2.45) is 11.8 Å². The van der Waals surface area contributed by atoms with Crippen molar-refractivity contribution in [1.82, 2.24) is 0 Å². The van der Waals surface area contributed by atoms with Crippen LogP contribution in [0.15, 0.2) is 0 Å². The summed E-state index contributed by atoms with van der Waals surface area (Å²) < 4.78 is 0. The average molecular weight is 243 g/mol. The van der Waals surface area contributed by atoms with E-state index in [1.165, 1.54) is 0 Å². The van der Waals surface area contributed by atoms with Gasteiger partial charge >= 0.3 is 11.9 Å². The predicted octanol–water partition coefficient (Wildman–Crippen LogP) is 2.40. The van der Waals surface area contributed by atoms with Gasteiger partial charge in [0.1, 0.15) is 11.6 Å². The number of carboxylic acid groups (broad SMARTS) is 2. The molecule has 0 radical (unpaired) electrons. The zero-order valence-electron chi connectivity index (χ0n) is 10.4. The summed E-state index contributed by atoms with van der Waals surface area (Å²) in [5, 5.41) is 24.6. The van der Waals surface area contributed by atoms with Gasteiger partial charge in [-0.05, 0) is 12.3 Å². The second-order valence-electron chi connectivity index (χ2n) is 4.64. The second-order valence-corrected chi connectivity index (χ2v) is 4.64. The Bertz CT molecular complexity index is 286. The van der Waals surface area contributed by atoms with Crippen molar-refractivity contribution in [3.8, 4) is 0 Å². The Hall–Kier alpha value is -1.39. The smallest absolute Gasteiger partial charge is 0.350 e. The minimum absolute atomic E-state index is 0.235. The lowest BCUT2D eigenvalue weighted by molar-refractivity contribution is -0.141. The van der Waals surface area contributed by atoms with Gasteiger partial charge in [-0.1, -0.05) is 39.5 Å². The van der Waals surface area contributed by atoms with Crippen LogP contribution in [-0.2, 0) is 9.59 Å². The van der Waals surface area contributed by atoms with Crippen molar-refractivity contribution < 1.29 is 19.8 Å². The molecule has 0 saturated carbocycles. The normalized spacial score (nSPS) is 12.4. The van der Waals surface area contributed by atoms with Gasteiger partial charge in [-0.2, -0.15) is 0 Å². The molecule has 0 aromatic heterocycles. The van der Waals surface area contributed by atoms with E-state index in [0.717, 1.165) is 19.3 Å². The first kappa shape index (κ1) is 15.6. The highest BCUT2D eigenvalue weighted by molar-refractivity contribution is 6.38. The van der Waals surface area contributed by atoms with Gasteiger partial charge in [0.25, 0.3) is 0 Å². The third-order valence-corrected chi connectivity index (χ3v) is 2.65. The summed E-state index contributed by atoms with van der Waals surface area (Å²) in [6.45, 7) is 4.25. The largest absolute Gasteiger partial charge is 0.481 e. The monoisotopic (exact) mass is 243 g/mol. The molecule has 0 fully saturated rings. The van der Waals surface area contributed by atoms with Crippen LogP contribution < -0.4 is 0 Å². The SMILES string of the molecule is CC(C)CCCCCC(C(=N)C(=O)O)C(=O)O. The molecule has 0 spiro atoms. The fraction of sp³-hybridized carbons (Fsp3) is 0.750. The Balaban J connectivity index is 3.99. The van der Waals surface area contributed by atoms with Crippen LogP contribution in [0.25, 0.3) is 0 Å². The number of carbonyl (C=O) groups is 2. The first-order valence-electron chi connectivity index (χ1n) is 5.90. The van der Waals surface area contributed by atoms with Gasteiger partial charge < -0.3 is 10.2 Å². The number of aliphatic carboxylic acids is 2. The third kappa shape index (κ3) is 6.71. The molecule has 1 atom stereocenters. The van der Waals surface area contributed by atoms with Crippen LogP contribution >= 0.6 is 0 Å². The highest BCUT2D eigenvalue weighted by Gasteiger charge is 2.26. The molecule has 0 rings (SSSR count). The maximum atomic E-state index is 10.8. The van der Waals surface area contributed by atoms with Gasteiger partial charge in [-0.3, -0.25) is 10.2 Å². The van der Waals surface area contributed by atoms with Gasteiger partial charge in [0.2, 0.25) is 0 Å². The maximum absolute atomic E-state index is 10.8. The lowest BCUT2D eigenvalue weighted by Gasteiger charge is -2.10. The number of hydrogen-bond donors (Lipinski definition) is 3. The first-order valence-corrected chi connectivity index (χ1v) is 5.90. The number of rotatable bonds is 9.